The fourth-order valence-corrected chi connectivity index (χ4v) is 2.05. The number of hydrogen-bond donors (Lipinski definition) is 1. The maximum Gasteiger partial charge on any atom is 0.311 e. The van der Waals surface area contributed by atoms with Crippen molar-refractivity contribution in [1.29, 1.82) is 0 Å². The molecule has 0 bridgehead atoms. The van der Waals surface area contributed by atoms with E-state index in [1.165, 1.54) is 13.1 Å². The normalized spacial score (nSPS) is 10.5. The van der Waals surface area contributed by atoms with Gasteiger partial charge in [-0.1, -0.05) is 18.2 Å². The molecular formula is C15H17N3O5. The third-order valence-electron chi connectivity index (χ3n) is 3.03. The van der Waals surface area contributed by atoms with Crippen LogP contribution in [0.1, 0.15) is 6.92 Å². The highest BCUT2D eigenvalue weighted by molar-refractivity contribution is 5.95. The zero-order chi connectivity index (χ0) is 16.7. The predicted molar refractivity (Wildman–Crippen MR) is 84.3 cm³/mol. The number of nitrogens with zero attached hydrogens (tertiary/aromatic N) is 2. The summed E-state index contributed by atoms with van der Waals surface area (Å²) in [5.74, 6) is -0.356. The Balaban J connectivity index is 1.97. The number of fused-ring (bicyclic) bond motifs is 1. The molecule has 1 aromatic carbocycles. The van der Waals surface area contributed by atoms with Gasteiger partial charge in [0.1, 0.15) is 18.5 Å². The fourth-order valence-electron chi connectivity index (χ4n) is 2.05. The van der Waals surface area contributed by atoms with Gasteiger partial charge in [0.15, 0.2) is 0 Å². The minimum Gasteiger partial charge on any atom is -0.463 e. The van der Waals surface area contributed by atoms with Crippen LogP contribution >= 0.6 is 0 Å². The Kier molecular flexibility index (Phi) is 5.81. The second kappa shape index (κ2) is 8.04. The molecule has 0 radical (unpaired) electrons. The Morgan fingerprint density at radius 1 is 1.30 bits per heavy atom. The first-order chi connectivity index (χ1) is 11.1. The van der Waals surface area contributed by atoms with E-state index in [0.717, 1.165) is 0 Å². The van der Waals surface area contributed by atoms with Crippen LogP contribution in [0, 0.1) is 10.1 Å². The molecule has 0 fully saturated rings. The van der Waals surface area contributed by atoms with E-state index in [-0.39, 0.29) is 24.9 Å². The van der Waals surface area contributed by atoms with Gasteiger partial charge in [0.2, 0.25) is 0 Å². The van der Waals surface area contributed by atoms with Crippen molar-refractivity contribution in [1.82, 2.24) is 4.98 Å². The van der Waals surface area contributed by atoms with Crippen molar-refractivity contribution in [2.75, 3.05) is 31.7 Å². The summed E-state index contributed by atoms with van der Waals surface area (Å²) in [5.41, 5.74) is 1.02. The quantitative estimate of drug-likeness (QED) is 0.344. The number of carbonyl (C=O) groups excluding carboxylic acids is 1. The lowest BCUT2D eigenvalue weighted by atomic mass is 10.1. The Bertz CT molecular complexity index is 705. The van der Waals surface area contributed by atoms with Crippen LogP contribution in [-0.2, 0) is 14.3 Å². The summed E-state index contributed by atoms with van der Waals surface area (Å²) in [6.07, 6.45) is 1.24. The molecule has 8 nitrogen and oxygen atoms in total. The number of nitrogens with one attached hydrogen (secondary N) is 1. The lowest BCUT2D eigenvalue weighted by Gasteiger charge is -2.10. The van der Waals surface area contributed by atoms with Crippen LogP contribution < -0.4 is 5.32 Å². The second-order valence-electron chi connectivity index (χ2n) is 4.67. The summed E-state index contributed by atoms with van der Waals surface area (Å²) in [6.45, 7) is 2.51. The van der Waals surface area contributed by atoms with Gasteiger partial charge in [0.25, 0.3) is 0 Å². The minimum atomic E-state index is -0.469. The van der Waals surface area contributed by atoms with Crippen molar-refractivity contribution in [2.45, 2.75) is 6.92 Å². The molecule has 0 aliphatic rings. The first-order valence-electron chi connectivity index (χ1n) is 7.06. The number of aromatic nitrogens is 1. The molecule has 122 valence electrons. The van der Waals surface area contributed by atoms with Crippen molar-refractivity contribution in [2.24, 2.45) is 0 Å². The van der Waals surface area contributed by atoms with E-state index >= 15 is 0 Å². The molecular weight excluding hydrogens is 302 g/mol. The molecule has 0 atom stereocenters. The molecule has 8 heteroatoms. The molecule has 1 N–H and O–H groups in total. The van der Waals surface area contributed by atoms with E-state index in [4.69, 9.17) is 9.47 Å². The summed E-state index contributed by atoms with van der Waals surface area (Å²) in [6, 6.07) is 7.19. The molecule has 0 spiro atoms. The van der Waals surface area contributed by atoms with Crippen molar-refractivity contribution < 1.29 is 19.2 Å². The Morgan fingerprint density at radius 3 is 2.83 bits per heavy atom. The summed E-state index contributed by atoms with van der Waals surface area (Å²) in [4.78, 5) is 25.4. The monoisotopic (exact) mass is 319 g/mol. The van der Waals surface area contributed by atoms with Crippen LogP contribution in [0.5, 0.6) is 0 Å². The van der Waals surface area contributed by atoms with Crippen LogP contribution in [0.25, 0.3) is 10.9 Å². The van der Waals surface area contributed by atoms with Gasteiger partial charge < -0.3 is 14.8 Å². The number of pyridine rings is 1. The van der Waals surface area contributed by atoms with Gasteiger partial charge in [-0.05, 0) is 6.07 Å². The number of benzene rings is 1. The SMILES string of the molecule is CC(=O)OCCOCCNc1c([N+](=O)[O-])cnc2ccccc12. The van der Waals surface area contributed by atoms with Crippen LogP contribution in [0.3, 0.4) is 0 Å². The molecule has 2 rings (SSSR count). The number of ether oxygens (including phenoxy) is 2. The smallest absolute Gasteiger partial charge is 0.311 e. The summed E-state index contributed by atoms with van der Waals surface area (Å²) in [5, 5.41) is 14.9. The van der Waals surface area contributed by atoms with Crippen molar-refractivity contribution >= 4 is 28.2 Å². The molecule has 0 aliphatic carbocycles. The summed E-state index contributed by atoms with van der Waals surface area (Å²) < 4.78 is 10.0. The lowest BCUT2D eigenvalue weighted by Crippen LogP contribution is -2.14. The van der Waals surface area contributed by atoms with E-state index in [0.29, 0.717) is 29.7 Å². The van der Waals surface area contributed by atoms with Gasteiger partial charge >= 0.3 is 11.7 Å². The molecule has 0 aliphatic heterocycles. The topological polar surface area (TPSA) is 104 Å². The van der Waals surface area contributed by atoms with Crippen molar-refractivity contribution in [3.63, 3.8) is 0 Å². The maximum atomic E-state index is 11.1. The van der Waals surface area contributed by atoms with E-state index in [1.807, 2.05) is 6.07 Å². The Labute approximate surface area is 132 Å². The number of esters is 1. The van der Waals surface area contributed by atoms with Crippen LogP contribution in [0.15, 0.2) is 30.5 Å². The standard InChI is InChI=1S/C15H17N3O5/c1-11(19)23-9-8-22-7-6-16-15-12-4-2-3-5-13(12)17-10-14(15)18(20)21/h2-5,10H,6-9H2,1H3,(H,16,17). The molecule has 0 unspecified atom stereocenters. The predicted octanol–water partition coefficient (Wildman–Crippen LogP) is 2.13. The second-order valence-corrected chi connectivity index (χ2v) is 4.67. The highest BCUT2D eigenvalue weighted by Gasteiger charge is 2.17. The first-order valence-corrected chi connectivity index (χ1v) is 7.06. The molecule has 23 heavy (non-hydrogen) atoms. The number of anilines is 1. The average Bonchev–Trinajstić information content (AvgIpc) is 2.53. The number of para-hydroxylation sites is 1. The molecule has 1 heterocycles. The van der Waals surface area contributed by atoms with E-state index < -0.39 is 4.92 Å². The third kappa shape index (κ3) is 4.62. The molecule has 0 saturated carbocycles. The lowest BCUT2D eigenvalue weighted by molar-refractivity contribution is -0.384. The van der Waals surface area contributed by atoms with E-state index in [2.05, 4.69) is 10.3 Å². The first kappa shape index (κ1) is 16.6. The molecule has 0 saturated heterocycles. The maximum absolute atomic E-state index is 11.1. The van der Waals surface area contributed by atoms with Gasteiger partial charge in [0.05, 0.1) is 23.7 Å². The highest BCUT2D eigenvalue weighted by atomic mass is 16.6. The summed E-state index contributed by atoms with van der Waals surface area (Å²) in [7, 11) is 0. The summed E-state index contributed by atoms with van der Waals surface area (Å²) >= 11 is 0. The van der Waals surface area contributed by atoms with E-state index in [9.17, 15) is 14.9 Å². The minimum absolute atomic E-state index is 0.0800. The molecule has 2 aromatic rings. The van der Waals surface area contributed by atoms with Gasteiger partial charge in [-0.2, -0.15) is 0 Å². The third-order valence-corrected chi connectivity index (χ3v) is 3.03. The molecule has 0 amide bonds. The van der Waals surface area contributed by atoms with Crippen molar-refractivity contribution in [3.8, 4) is 0 Å². The Hall–Kier alpha value is -2.74. The number of carbonyl (C=O) groups is 1. The fraction of sp³-hybridized carbons (Fsp3) is 0.333. The van der Waals surface area contributed by atoms with Gasteiger partial charge in [-0.25, -0.2) is 4.98 Å². The largest absolute Gasteiger partial charge is 0.463 e. The zero-order valence-electron chi connectivity index (χ0n) is 12.7. The zero-order valence-corrected chi connectivity index (χ0v) is 12.7. The highest BCUT2D eigenvalue weighted by Crippen LogP contribution is 2.30. The van der Waals surface area contributed by atoms with Crippen LogP contribution in [-0.4, -0.2) is 42.2 Å². The van der Waals surface area contributed by atoms with Gasteiger partial charge in [0, 0.05) is 18.9 Å². The van der Waals surface area contributed by atoms with E-state index in [1.54, 1.807) is 18.2 Å². The molecule has 1 aromatic heterocycles. The van der Waals surface area contributed by atoms with Crippen molar-refractivity contribution in [3.05, 3.63) is 40.6 Å². The van der Waals surface area contributed by atoms with Gasteiger partial charge in [-0.15, -0.1) is 0 Å². The van der Waals surface area contributed by atoms with Gasteiger partial charge in [-0.3, -0.25) is 14.9 Å². The number of rotatable bonds is 8. The van der Waals surface area contributed by atoms with Crippen LogP contribution in [0.4, 0.5) is 11.4 Å². The number of hydrogen-bond acceptors (Lipinski definition) is 7. The number of nitro groups is 1. The average molecular weight is 319 g/mol. The van der Waals surface area contributed by atoms with Crippen LogP contribution in [0.2, 0.25) is 0 Å². The Morgan fingerprint density at radius 2 is 2.09 bits per heavy atom.